The number of halogens is 1. The van der Waals surface area contributed by atoms with Crippen LogP contribution in [0, 0.1) is 0 Å². The van der Waals surface area contributed by atoms with E-state index in [-0.39, 0.29) is 18.5 Å². The van der Waals surface area contributed by atoms with Gasteiger partial charge in [-0.05, 0) is 31.7 Å². The maximum Gasteiger partial charge on any atom is 0.288 e. The second-order valence-corrected chi connectivity index (χ2v) is 4.96. The number of hydrogen-bond donors (Lipinski definition) is 0. The van der Waals surface area contributed by atoms with Gasteiger partial charge in [0.25, 0.3) is 6.02 Å². The number of piperidine rings is 1. The van der Waals surface area contributed by atoms with Crippen LogP contribution in [0.25, 0.3) is 0 Å². The predicted octanol–water partition coefficient (Wildman–Crippen LogP) is 3.41. The van der Waals surface area contributed by atoms with Crippen LogP contribution in [0.4, 0.5) is 0 Å². The Morgan fingerprint density at radius 3 is 2.79 bits per heavy atom. The molecule has 19 heavy (non-hydrogen) atoms. The molecule has 0 radical (unpaired) electrons. The Kier molecular flexibility index (Phi) is 4.70. The van der Waals surface area contributed by atoms with E-state index in [0.717, 1.165) is 19.1 Å². The first-order chi connectivity index (χ1) is 8.90. The van der Waals surface area contributed by atoms with Gasteiger partial charge < -0.3 is 9.64 Å². The Morgan fingerprint density at radius 1 is 1.26 bits per heavy atom. The quantitative estimate of drug-likeness (QED) is 0.829. The standard InChI is InChI=1S/C15H20N2O.ClH/c1-2-16-15-17-11-7-6-10-13(17)14(18-15)12-8-4-3-5-9-12;/h3-5,8-9,13-14H,2,6-7,10-11H2,1H3;1H/t13-,14+;/m1./s1. The lowest BCUT2D eigenvalue weighted by Crippen LogP contribution is -2.39. The van der Waals surface area contributed by atoms with E-state index < -0.39 is 0 Å². The van der Waals surface area contributed by atoms with Gasteiger partial charge in [0.1, 0.15) is 6.10 Å². The van der Waals surface area contributed by atoms with E-state index in [1.54, 1.807) is 0 Å². The molecule has 2 fully saturated rings. The van der Waals surface area contributed by atoms with E-state index in [2.05, 4.69) is 47.1 Å². The molecule has 3 nitrogen and oxygen atoms in total. The van der Waals surface area contributed by atoms with Crippen LogP contribution < -0.4 is 0 Å². The largest absolute Gasteiger partial charge is 0.455 e. The summed E-state index contributed by atoms with van der Waals surface area (Å²) >= 11 is 0. The van der Waals surface area contributed by atoms with Gasteiger partial charge in [0.15, 0.2) is 0 Å². The molecule has 1 aromatic carbocycles. The van der Waals surface area contributed by atoms with Crippen molar-refractivity contribution < 1.29 is 4.74 Å². The number of fused-ring (bicyclic) bond motifs is 1. The number of ether oxygens (including phenoxy) is 1. The Bertz CT molecular complexity index is 435. The van der Waals surface area contributed by atoms with Crippen molar-refractivity contribution in [3.63, 3.8) is 0 Å². The molecule has 2 saturated heterocycles. The van der Waals surface area contributed by atoms with Crippen LogP contribution in [0.2, 0.25) is 0 Å². The van der Waals surface area contributed by atoms with E-state index >= 15 is 0 Å². The van der Waals surface area contributed by atoms with Crippen molar-refractivity contribution in [2.45, 2.75) is 38.3 Å². The minimum absolute atomic E-state index is 0. The number of aliphatic imine (C=N–C) groups is 1. The summed E-state index contributed by atoms with van der Waals surface area (Å²) in [6, 6.07) is 11.9. The summed E-state index contributed by atoms with van der Waals surface area (Å²) in [6.45, 7) is 3.94. The van der Waals surface area contributed by atoms with Crippen LogP contribution in [0.1, 0.15) is 37.9 Å². The zero-order valence-electron chi connectivity index (χ0n) is 11.3. The molecule has 0 spiro atoms. The van der Waals surface area contributed by atoms with Crippen molar-refractivity contribution in [3.8, 4) is 0 Å². The highest BCUT2D eigenvalue weighted by molar-refractivity contribution is 5.85. The monoisotopic (exact) mass is 280 g/mol. The van der Waals surface area contributed by atoms with Gasteiger partial charge in [-0.2, -0.15) is 0 Å². The minimum Gasteiger partial charge on any atom is -0.455 e. The number of rotatable bonds is 2. The van der Waals surface area contributed by atoms with E-state index in [4.69, 9.17) is 4.74 Å². The maximum absolute atomic E-state index is 6.11. The number of benzene rings is 1. The zero-order chi connectivity index (χ0) is 12.4. The Balaban J connectivity index is 0.00000133. The molecule has 0 N–H and O–H groups in total. The van der Waals surface area contributed by atoms with Gasteiger partial charge in [-0.25, -0.2) is 4.99 Å². The average Bonchev–Trinajstić information content (AvgIpc) is 2.80. The summed E-state index contributed by atoms with van der Waals surface area (Å²) in [4.78, 5) is 6.87. The highest BCUT2D eigenvalue weighted by Crippen LogP contribution is 2.37. The van der Waals surface area contributed by atoms with Crippen LogP contribution in [0.3, 0.4) is 0 Å². The lowest BCUT2D eigenvalue weighted by molar-refractivity contribution is 0.168. The van der Waals surface area contributed by atoms with Crippen molar-refractivity contribution in [3.05, 3.63) is 35.9 Å². The minimum atomic E-state index is 0. The van der Waals surface area contributed by atoms with Crippen LogP contribution in [-0.2, 0) is 4.74 Å². The first-order valence-corrected chi connectivity index (χ1v) is 6.93. The SMILES string of the molecule is CCN=C1O[C@@H](c2ccccc2)[C@H]2CCCCN12.Cl. The van der Waals surface area contributed by atoms with Gasteiger partial charge in [-0.3, -0.25) is 0 Å². The van der Waals surface area contributed by atoms with Crippen molar-refractivity contribution >= 4 is 18.4 Å². The fourth-order valence-electron chi connectivity index (χ4n) is 2.97. The molecule has 0 aliphatic carbocycles. The second kappa shape index (κ2) is 6.29. The topological polar surface area (TPSA) is 24.8 Å². The van der Waals surface area contributed by atoms with Crippen molar-refractivity contribution in [2.24, 2.45) is 4.99 Å². The summed E-state index contributed by atoms with van der Waals surface area (Å²) < 4.78 is 6.11. The first kappa shape index (κ1) is 14.2. The van der Waals surface area contributed by atoms with Gasteiger partial charge >= 0.3 is 0 Å². The van der Waals surface area contributed by atoms with Crippen LogP contribution >= 0.6 is 12.4 Å². The van der Waals surface area contributed by atoms with Gasteiger partial charge in [-0.1, -0.05) is 30.3 Å². The Hall–Kier alpha value is -1.22. The lowest BCUT2D eigenvalue weighted by Gasteiger charge is -2.30. The highest BCUT2D eigenvalue weighted by atomic mass is 35.5. The van der Waals surface area contributed by atoms with Crippen molar-refractivity contribution in [1.29, 1.82) is 0 Å². The molecule has 0 bridgehead atoms. The fourth-order valence-corrected chi connectivity index (χ4v) is 2.97. The van der Waals surface area contributed by atoms with Crippen LogP contribution in [0.15, 0.2) is 35.3 Å². The molecule has 2 aliphatic heterocycles. The maximum atomic E-state index is 6.11. The van der Waals surface area contributed by atoms with Gasteiger partial charge in [0.05, 0.1) is 6.04 Å². The van der Waals surface area contributed by atoms with Crippen molar-refractivity contribution in [1.82, 2.24) is 4.90 Å². The van der Waals surface area contributed by atoms with Crippen LogP contribution in [-0.4, -0.2) is 30.1 Å². The Labute approximate surface area is 121 Å². The molecule has 104 valence electrons. The molecule has 3 rings (SSSR count). The smallest absolute Gasteiger partial charge is 0.288 e. The number of nitrogens with zero attached hydrogens (tertiary/aromatic N) is 2. The molecular weight excluding hydrogens is 260 g/mol. The van der Waals surface area contributed by atoms with E-state index in [9.17, 15) is 0 Å². The molecule has 2 aliphatic rings. The summed E-state index contributed by atoms with van der Waals surface area (Å²) in [5, 5.41) is 0. The fraction of sp³-hybridized carbons (Fsp3) is 0.533. The first-order valence-electron chi connectivity index (χ1n) is 6.93. The molecular formula is C15H21ClN2O. The third-order valence-corrected chi connectivity index (χ3v) is 3.80. The van der Waals surface area contributed by atoms with E-state index in [1.807, 2.05) is 0 Å². The van der Waals surface area contributed by atoms with E-state index in [0.29, 0.717) is 6.04 Å². The summed E-state index contributed by atoms with van der Waals surface area (Å²) in [5.41, 5.74) is 1.27. The molecule has 2 atom stereocenters. The van der Waals surface area contributed by atoms with Gasteiger partial charge in [0, 0.05) is 13.1 Å². The second-order valence-electron chi connectivity index (χ2n) is 4.96. The average molecular weight is 281 g/mol. The molecule has 0 amide bonds. The highest BCUT2D eigenvalue weighted by Gasteiger charge is 2.41. The third-order valence-electron chi connectivity index (χ3n) is 3.80. The third kappa shape index (κ3) is 2.71. The summed E-state index contributed by atoms with van der Waals surface area (Å²) in [7, 11) is 0. The number of amidine groups is 1. The predicted molar refractivity (Wildman–Crippen MR) is 79.8 cm³/mol. The molecule has 0 aromatic heterocycles. The van der Waals surface area contributed by atoms with Crippen LogP contribution in [0.5, 0.6) is 0 Å². The van der Waals surface area contributed by atoms with E-state index in [1.165, 1.54) is 24.8 Å². The lowest BCUT2D eigenvalue weighted by atomic mass is 9.94. The summed E-state index contributed by atoms with van der Waals surface area (Å²) in [5.74, 6) is 0. The normalized spacial score (nSPS) is 27.6. The molecule has 2 heterocycles. The zero-order valence-corrected chi connectivity index (χ0v) is 12.1. The molecule has 4 heteroatoms. The van der Waals surface area contributed by atoms with Gasteiger partial charge in [-0.15, -0.1) is 12.4 Å². The number of hydrogen-bond acceptors (Lipinski definition) is 2. The van der Waals surface area contributed by atoms with Gasteiger partial charge in [0.2, 0.25) is 0 Å². The Morgan fingerprint density at radius 2 is 2.05 bits per heavy atom. The van der Waals surface area contributed by atoms with Crippen molar-refractivity contribution in [2.75, 3.05) is 13.1 Å². The molecule has 1 aromatic rings. The summed E-state index contributed by atoms with van der Waals surface area (Å²) in [6.07, 6.45) is 3.93. The molecule has 0 saturated carbocycles. The molecule has 0 unspecified atom stereocenters.